The molecule has 1 atom stereocenters. The fourth-order valence-corrected chi connectivity index (χ4v) is 3.33. The second kappa shape index (κ2) is 5.48. The maximum absolute atomic E-state index is 6.45. The SMILES string of the molecule is CN1CCC(C(N)C2CCC(N)CC2)CC1. The van der Waals surface area contributed by atoms with Crippen LogP contribution < -0.4 is 11.5 Å². The molecule has 4 N–H and O–H groups in total. The van der Waals surface area contributed by atoms with Crippen molar-refractivity contribution >= 4 is 0 Å². The number of nitrogens with two attached hydrogens (primary N) is 2. The molecule has 1 saturated carbocycles. The lowest BCUT2D eigenvalue weighted by Crippen LogP contribution is -2.45. The molecule has 1 aliphatic heterocycles. The van der Waals surface area contributed by atoms with Crippen molar-refractivity contribution < 1.29 is 0 Å². The Kier molecular flexibility index (Phi) is 4.22. The Balaban J connectivity index is 1.80. The second-order valence-electron chi connectivity index (χ2n) is 5.89. The first-order chi connectivity index (χ1) is 7.66. The molecule has 1 unspecified atom stereocenters. The van der Waals surface area contributed by atoms with Gasteiger partial charge in [-0.1, -0.05) is 0 Å². The van der Waals surface area contributed by atoms with E-state index in [1.165, 1.54) is 51.6 Å². The lowest BCUT2D eigenvalue weighted by atomic mass is 9.75. The average Bonchev–Trinajstić information content (AvgIpc) is 2.30. The molecule has 2 fully saturated rings. The number of piperidine rings is 1. The van der Waals surface area contributed by atoms with Gasteiger partial charge in [-0.25, -0.2) is 0 Å². The second-order valence-corrected chi connectivity index (χ2v) is 5.89. The van der Waals surface area contributed by atoms with Gasteiger partial charge in [-0.3, -0.25) is 0 Å². The van der Waals surface area contributed by atoms with E-state index in [1.807, 2.05) is 0 Å². The molecule has 16 heavy (non-hydrogen) atoms. The Morgan fingerprint density at radius 3 is 2.00 bits per heavy atom. The van der Waals surface area contributed by atoms with Crippen LogP contribution in [0.4, 0.5) is 0 Å². The lowest BCUT2D eigenvalue weighted by Gasteiger charge is -2.38. The highest BCUT2D eigenvalue weighted by Crippen LogP contribution is 2.31. The van der Waals surface area contributed by atoms with Gasteiger partial charge in [-0.15, -0.1) is 0 Å². The van der Waals surface area contributed by atoms with Crippen LogP contribution in [-0.2, 0) is 0 Å². The van der Waals surface area contributed by atoms with Crippen molar-refractivity contribution in [3.8, 4) is 0 Å². The molecule has 1 heterocycles. The fourth-order valence-electron chi connectivity index (χ4n) is 3.33. The van der Waals surface area contributed by atoms with Crippen molar-refractivity contribution in [3.63, 3.8) is 0 Å². The van der Waals surface area contributed by atoms with E-state index in [1.54, 1.807) is 0 Å². The summed E-state index contributed by atoms with van der Waals surface area (Å²) >= 11 is 0. The summed E-state index contributed by atoms with van der Waals surface area (Å²) in [6.07, 6.45) is 7.47. The van der Waals surface area contributed by atoms with E-state index in [0.717, 1.165) is 11.8 Å². The predicted octanol–water partition coefficient (Wildman–Crippen LogP) is 1.17. The van der Waals surface area contributed by atoms with Crippen molar-refractivity contribution in [1.29, 1.82) is 0 Å². The van der Waals surface area contributed by atoms with Crippen LogP contribution in [0.15, 0.2) is 0 Å². The van der Waals surface area contributed by atoms with Gasteiger partial charge in [0.2, 0.25) is 0 Å². The zero-order valence-corrected chi connectivity index (χ0v) is 10.6. The van der Waals surface area contributed by atoms with Gasteiger partial charge in [0.05, 0.1) is 0 Å². The molecular formula is C13H27N3. The topological polar surface area (TPSA) is 55.3 Å². The van der Waals surface area contributed by atoms with Gasteiger partial charge in [-0.05, 0) is 70.5 Å². The molecular weight excluding hydrogens is 198 g/mol. The van der Waals surface area contributed by atoms with Crippen LogP contribution in [-0.4, -0.2) is 37.1 Å². The highest BCUT2D eigenvalue weighted by atomic mass is 15.1. The zero-order valence-electron chi connectivity index (χ0n) is 10.6. The predicted molar refractivity (Wildman–Crippen MR) is 68.1 cm³/mol. The number of nitrogens with zero attached hydrogens (tertiary/aromatic N) is 1. The molecule has 94 valence electrons. The Bertz CT molecular complexity index is 181. The minimum Gasteiger partial charge on any atom is -0.328 e. The van der Waals surface area contributed by atoms with Crippen LogP contribution in [0.2, 0.25) is 0 Å². The van der Waals surface area contributed by atoms with Gasteiger partial charge in [0.25, 0.3) is 0 Å². The lowest BCUT2D eigenvalue weighted by molar-refractivity contribution is 0.154. The maximum atomic E-state index is 6.45. The molecule has 0 aromatic rings. The van der Waals surface area contributed by atoms with Gasteiger partial charge >= 0.3 is 0 Å². The van der Waals surface area contributed by atoms with E-state index in [2.05, 4.69) is 11.9 Å². The van der Waals surface area contributed by atoms with Crippen LogP contribution in [0.5, 0.6) is 0 Å². The Morgan fingerprint density at radius 2 is 1.44 bits per heavy atom. The minimum absolute atomic E-state index is 0.432. The van der Waals surface area contributed by atoms with Crippen molar-refractivity contribution in [3.05, 3.63) is 0 Å². The summed E-state index contributed by atoms with van der Waals surface area (Å²) in [7, 11) is 2.21. The summed E-state index contributed by atoms with van der Waals surface area (Å²) in [5.74, 6) is 1.50. The van der Waals surface area contributed by atoms with Crippen LogP contribution >= 0.6 is 0 Å². The number of rotatable bonds is 2. The quantitative estimate of drug-likeness (QED) is 0.742. The number of hydrogen-bond acceptors (Lipinski definition) is 3. The highest BCUT2D eigenvalue weighted by molar-refractivity contribution is 4.87. The molecule has 1 aliphatic carbocycles. The van der Waals surface area contributed by atoms with E-state index >= 15 is 0 Å². The van der Waals surface area contributed by atoms with Gasteiger partial charge in [0.1, 0.15) is 0 Å². The summed E-state index contributed by atoms with van der Waals surface area (Å²) in [4.78, 5) is 2.42. The molecule has 0 spiro atoms. The third kappa shape index (κ3) is 2.96. The Labute approximate surface area is 99.5 Å². The first-order valence-corrected chi connectivity index (χ1v) is 6.86. The van der Waals surface area contributed by atoms with Crippen LogP contribution in [0.3, 0.4) is 0 Å². The van der Waals surface area contributed by atoms with Gasteiger partial charge in [0, 0.05) is 12.1 Å². The monoisotopic (exact) mass is 225 g/mol. The Morgan fingerprint density at radius 1 is 0.938 bits per heavy atom. The van der Waals surface area contributed by atoms with Crippen molar-refractivity contribution in [2.24, 2.45) is 23.3 Å². The summed E-state index contributed by atoms with van der Waals surface area (Å²) in [5.41, 5.74) is 12.4. The van der Waals surface area contributed by atoms with Crippen molar-refractivity contribution in [2.45, 2.75) is 50.6 Å². The molecule has 3 nitrogen and oxygen atoms in total. The van der Waals surface area contributed by atoms with Crippen molar-refractivity contribution in [1.82, 2.24) is 4.90 Å². The van der Waals surface area contributed by atoms with E-state index in [-0.39, 0.29) is 0 Å². The Hall–Kier alpha value is -0.120. The first kappa shape index (κ1) is 12.3. The molecule has 0 amide bonds. The molecule has 0 radical (unpaired) electrons. The molecule has 0 aromatic heterocycles. The normalized spacial score (nSPS) is 36.2. The average molecular weight is 225 g/mol. The zero-order chi connectivity index (χ0) is 11.5. The third-order valence-corrected chi connectivity index (χ3v) is 4.67. The van der Waals surface area contributed by atoms with E-state index in [4.69, 9.17) is 11.5 Å². The standard InChI is InChI=1S/C13H27N3/c1-16-8-6-11(7-9-16)13(15)10-2-4-12(14)5-3-10/h10-13H,2-9,14-15H2,1H3. The van der Waals surface area contributed by atoms with E-state index < -0.39 is 0 Å². The van der Waals surface area contributed by atoms with E-state index in [9.17, 15) is 0 Å². The van der Waals surface area contributed by atoms with E-state index in [0.29, 0.717) is 12.1 Å². The molecule has 2 aliphatic rings. The van der Waals surface area contributed by atoms with Gasteiger partial charge in [-0.2, -0.15) is 0 Å². The molecule has 2 rings (SSSR count). The fraction of sp³-hybridized carbons (Fsp3) is 1.00. The summed E-state index contributed by atoms with van der Waals surface area (Å²) in [6, 6.07) is 0.877. The summed E-state index contributed by atoms with van der Waals surface area (Å²) in [6.45, 7) is 2.45. The maximum Gasteiger partial charge on any atom is 0.00966 e. The summed E-state index contributed by atoms with van der Waals surface area (Å²) in [5, 5.41) is 0. The summed E-state index contributed by atoms with van der Waals surface area (Å²) < 4.78 is 0. The smallest absolute Gasteiger partial charge is 0.00966 e. The minimum atomic E-state index is 0.432. The third-order valence-electron chi connectivity index (χ3n) is 4.67. The van der Waals surface area contributed by atoms with Crippen LogP contribution in [0.25, 0.3) is 0 Å². The number of likely N-dealkylation sites (tertiary alicyclic amines) is 1. The number of hydrogen-bond donors (Lipinski definition) is 2. The van der Waals surface area contributed by atoms with Gasteiger partial charge < -0.3 is 16.4 Å². The van der Waals surface area contributed by atoms with Crippen molar-refractivity contribution in [2.75, 3.05) is 20.1 Å². The molecule has 1 saturated heterocycles. The van der Waals surface area contributed by atoms with Crippen LogP contribution in [0.1, 0.15) is 38.5 Å². The van der Waals surface area contributed by atoms with Gasteiger partial charge in [0.15, 0.2) is 0 Å². The molecule has 3 heteroatoms. The first-order valence-electron chi connectivity index (χ1n) is 6.86. The molecule has 0 aromatic carbocycles. The molecule has 0 bridgehead atoms. The highest BCUT2D eigenvalue weighted by Gasteiger charge is 2.30. The van der Waals surface area contributed by atoms with Crippen LogP contribution in [0, 0.1) is 11.8 Å². The largest absolute Gasteiger partial charge is 0.328 e.